The summed E-state index contributed by atoms with van der Waals surface area (Å²) in [7, 11) is 0. The summed E-state index contributed by atoms with van der Waals surface area (Å²) in [5.41, 5.74) is 0.526. The molecule has 0 atom stereocenters. The minimum Gasteiger partial charge on any atom is -0.494 e. The fraction of sp³-hybridized carbons (Fsp3) is 0.655. The first-order chi connectivity index (χ1) is 24.4. The second-order valence-electron chi connectivity index (χ2n) is 10.5. The van der Waals surface area contributed by atoms with Gasteiger partial charge in [0.05, 0.1) is 33.0 Å². The summed E-state index contributed by atoms with van der Waals surface area (Å²) in [5.74, 6) is -15.0. The summed E-state index contributed by atoms with van der Waals surface area (Å²) in [4.78, 5) is 8.40. The molecule has 2 rings (SSSR count). The number of ether oxygens (including phenoxy) is 7. The minimum absolute atomic E-state index is 0.206. The average Bonchev–Trinajstić information content (AvgIpc) is 3.04. The molecule has 0 spiro atoms. The zero-order chi connectivity index (χ0) is 40.2. The molecule has 1 aromatic carbocycles. The Bertz CT molecular complexity index is 1380. The SMILES string of the molecule is CCCCOCCOCCOc1ccnc(-c2ccc(OCCCOCC(F)(F)OC(F)(F)C(F)(F)OC(F)(F)C(F)(F)C(F)(F)C(F)(F)F)cc2)n1. The molecule has 0 bridgehead atoms. The van der Waals surface area contributed by atoms with Gasteiger partial charge in [-0.05, 0) is 30.7 Å². The maximum Gasteiger partial charge on any atom is 0.460 e. The normalized spacial score (nSPS) is 13.7. The van der Waals surface area contributed by atoms with E-state index < -0.39 is 55.7 Å². The summed E-state index contributed by atoms with van der Waals surface area (Å²) in [6.45, 7) is 0.734. The molecule has 0 saturated carbocycles. The van der Waals surface area contributed by atoms with Gasteiger partial charge < -0.3 is 23.7 Å². The number of benzene rings is 1. The molecule has 0 saturated heterocycles. The van der Waals surface area contributed by atoms with Gasteiger partial charge in [-0.25, -0.2) is 14.5 Å². The Morgan fingerprint density at radius 1 is 0.547 bits per heavy atom. The van der Waals surface area contributed by atoms with Crippen LogP contribution in [0.25, 0.3) is 11.4 Å². The first kappa shape index (κ1) is 45.8. The van der Waals surface area contributed by atoms with Crippen molar-refractivity contribution < 1.29 is 99.0 Å². The number of hydrogen-bond donors (Lipinski definition) is 0. The molecule has 0 amide bonds. The van der Waals surface area contributed by atoms with Crippen molar-refractivity contribution >= 4 is 0 Å². The third-order valence-corrected chi connectivity index (χ3v) is 6.19. The molecule has 0 fully saturated rings. The molecule has 0 aliphatic rings. The predicted octanol–water partition coefficient (Wildman–Crippen LogP) is 8.38. The van der Waals surface area contributed by atoms with E-state index in [9.17, 15) is 65.9 Å². The van der Waals surface area contributed by atoms with Crippen LogP contribution in [-0.4, -0.2) is 105 Å². The van der Waals surface area contributed by atoms with Gasteiger partial charge in [0.15, 0.2) is 5.82 Å². The molecular formula is C29H31F15N2O7. The Balaban J connectivity index is 1.79. The summed E-state index contributed by atoms with van der Waals surface area (Å²) >= 11 is 0. The van der Waals surface area contributed by atoms with Crippen LogP contribution in [-0.2, 0) is 23.7 Å². The number of unbranched alkanes of at least 4 members (excludes halogenated alkanes) is 1. The highest BCUT2D eigenvalue weighted by Crippen LogP contribution is 2.56. The van der Waals surface area contributed by atoms with Crippen LogP contribution in [0.2, 0.25) is 0 Å². The van der Waals surface area contributed by atoms with E-state index in [4.69, 9.17) is 18.9 Å². The lowest BCUT2D eigenvalue weighted by molar-refractivity contribution is -0.543. The predicted molar refractivity (Wildman–Crippen MR) is 148 cm³/mol. The number of nitrogens with zero attached hydrogens (tertiary/aromatic N) is 2. The van der Waals surface area contributed by atoms with Crippen molar-refractivity contribution in [2.75, 3.05) is 52.9 Å². The van der Waals surface area contributed by atoms with Crippen molar-refractivity contribution in [3.8, 4) is 23.0 Å². The van der Waals surface area contributed by atoms with Crippen molar-refractivity contribution in [2.24, 2.45) is 0 Å². The lowest BCUT2D eigenvalue weighted by atomic mass is 10.1. The molecule has 24 heteroatoms. The van der Waals surface area contributed by atoms with E-state index in [0.29, 0.717) is 25.4 Å². The smallest absolute Gasteiger partial charge is 0.460 e. The number of aromatic nitrogens is 2. The van der Waals surface area contributed by atoms with Crippen LogP contribution in [0, 0.1) is 0 Å². The lowest BCUT2D eigenvalue weighted by Crippen LogP contribution is -2.64. The Morgan fingerprint density at radius 2 is 1.11 bits per heavy atom. The number of hydrogen-bond acceptors (Lipinski definition) is 9. The van der Waals surface area contributed by atoms with E-state index in [1.807, 2.05) is 6.92 Å². The van der Waals surface area contributed by atoms with E-state index in [2.05, 4.69) is 19.4 Å². The molecular weight excluding hydrogens is 773 g/mol. The Hall–Kier alpha value is -3.35. The molecule has 0 aliphatic carbocycles. The second kappa shape index (κ2) is 18.8. The van der Waals surface area contributed by atoms with Gasteiger partial charge in [-0.3, -0.25) is 0 Å². The highest BCUT2D eigenvalue weighted by Gasteiger charge is 2.85. The van der Waals surface area contributed by atoms with Crippen LogP contribution in [0.3, 0.4) is 0 Å². The van der Waals surface area contributed by atoms with E-state index in [1.54, 1.807) is 16.9 Å². The molecule has 0 aliphatic heterocycles. The quantitative estimate of drug-likeness (QED) is 0.0726. The number of alkyl halides is 15. The van der Waals surface area contributed by atoms with Gasteiger partial charge in [-0.1, -0.05) is 13.3 Å². The monoisotopic (exact) mass is 804 g/mol. The Morgan fingerprint density at radius 3 is 1.72 bits per heavy atom. The van der Waals surface area contributed by atoms with Gasteiger partial charge >= 0.3 is 42.5 Å². The molecule has 9 nitrogen and oxygen atoms in total. The largest absolute Gasteiger partial charge is 0.494 e. The Kier molecular flexibility index (Phi) is 16.2. The zero-order valence-electron chi connectivity index (χ0n) is 27.2. The standard InChI is InChI=1S/C29H31F15N2O7/c1-2-3-11-47-14-15-48-16-17-51-21-9-10-45-22(46-21)19-5-7-20(8-6-19)50-13-4-12-49-18-23(30,31)52-28(41,42)29(43,44)53-27(39,40)25(34,35)24(32,33)26(36,37)38/h5-10H,2-4,11-18H2,1H3. The minimum atomic E-state index is -7.93. The van der Waals surface area contributed by atoms with Crippen molar-refractivity contribution in [1.82, 2.24) is 9.97 Å². The highest BCUT2D eigenvalue weighted by atomic mass is 19.4. The summed E-state index contributed by atoms with van der Waals surface area (Å²) < 4.78 is 226. The summed E-state index contributed by atoms with van der Waals surface area (Å²) in [6.07, 6.45) is -31.9. The maximum atomic E-state index is 13.7. The van der Waals surface area contributed by atoms with E-state index in [1.165, 1.54) is 24.4 Å². The third kappa shape index (κ3) is 13.2. The van der Waals surface area contributed by atoms with Gasteiger partial charge in [0, 0.05) is 30.9 Å². The zero-order valence-corrected chi connectivity index (χ0v) is 27.2. The van der Waals surface area contributed by atoms with E-state index >= 15 is 0 Å². The van der Waals surface area contributed by atoms with Crippen LogP contribution >= 0.6 is 0 Å². The first-order valence-electron chi connectivity index (χ1n) is 15.1. The lowest BCUT2D eigenvalue weighted by Gasteiger charge is -2.36. The van der Waals surface area contributed by atoms with E-state index in [0.717, 1.165) is 12.8 Å². The number of rotatable bonds is 25. The summed E-state index contributed by atoms with van der Waals surface area (Å²) in [5, 5.41) is 0. The molecule has 0 unspecified atom stereocenters. The molecule has 0 N–H and O–H groups in total. The maximum absolute atomic E-state index is 13.7. The average molecular weight is 805 g/mol. The fourth-order valence-electron chi connectivity index (χ4n) is 3.50. The first-order valence-corrected chi connectivity index (χ1v) is 15.1. The molecule has 0 radical (unpaired) electrons. The molecule has 304 valence electrons. The molecule has 53 heavy (non-hydrogen) atoms. The Labute approximate surface area is 290 Å². The highest BCUT2D eigenvalue weighted by molar-refractivity contribution is 5.56. The third-order valence-electron chi connectivity index (χ3n) is 6.19. The van der Waals surface area contributed by atoms with Crippen LogP contribution < -0.4 is 9.47 Å². The molecule has 1 heterocycles. The van der Waals surface area contributed by atoms with Gasteiger partial charge in [0.1, 0.15) is 19.0 Å². The van der Waals surface area contributed by atoms with Crippen LogP contribution in [0.5, 0.6) is 11.6 Å². The molecule has 1 aromatic heterocycles. The van der Waals surface area contributed by atoms with Gasteiger partial charge in [0.2, 0.25) is 5.88 Å². The fourth-order valence-corrected chi connectivity index (χ4v) is 3.50. The van der Waals surface area contributed by atoms with Crippen LogP contribution in [0.4, 0.5) is 65.9 Å². The number of halogens is 15. The summed E-state index contributed by atoms with van der Waals surface area (Å²) in [6, 6.07) is 7.53. The molecule has 2 aromatic rings. The van der Waals surface area contributed by atoms with Gasteiger partial charge in [-0.15, -0.1) is 0 Å². The van der Waals surface area contributed by atoms with Crippen LogP contribution in [0.1, 0.15) is 26.2 Å². The van der Waals surface area contributed by atoms with Crippen molar-refractivity contribution in [2.45, 2.75) is 68.6 Å². The van der Waals surface area contributed by atoms with Crippen molar-refractivity contribution in [3.63, 3.8) is 0 Å². The van der Waals surface area contributed by atoms with Gasteiger partial charge in [-0.2, -0.15) is 70.8 Å². The van der Waals surface area contributed by atoms with Crippen LogP contribution in [0.15, 0.2) is 36.5 Å². The second-order valence-corrected chi connectivity index (χ2v) is 10.5. The van der Waals surface area contributed by atoms with Crippen molar-refractivity contribution in [1.29, 1.82) is 0 Å². The topological polar surface area (TPSA) is 90.4 Å². The van der Waals surface area contributed by atoms with Gasteiger partial charge in [0.25, 0.3) is 0 Å². The van der Waals surface area contributed by atoms with E-state index in [-0.39, 0.29) is 43.7 Å². The van der Waals surface area contributed by atoms with Crippen molar-refractivity contribution in [3.05, 3.63) is 36.5 Å².